The largest absolute Gasteiger partial charge is 0.358 e. The van der Waals surface area contributed by atoms with Crippen molar-refractivity contribution in [3.8, 4) is 0 Å². The molecule has 0 aliphatic rings. The van der Waals surface area contributed by atoms with Crippen LogP contribution in [0.4, 0.5) is 5.69 Å². The Morgan fingerprint density at radius 2 is 1.33 bits per heavy atom. The normalized spacial score (nSPS) is 12.3. The zero-order valence-electron chi connectivity index (χ0n) is 15.0. The minimum Gasteiger partial charge on any atom is -0.358 e. The molecule has 0 heterocycles. The Balaban J connectivity index is 1.62. The van der Waals surface area contributed by atoms with Crippen molar-refractivity contribution in [2.75, 3.05) is 5.32 Å². The van der Waals surface area contributed by atoms with Crippen molar-refractivity contribution in [2.24, 2.45) is 10.2 Å². The van der Waals surface area contributed by atoms with Gasteiger partial charge in [-0.3, -0.25) is 0 Å². The Bertz CT molecular complexity index is 1020. The lowest BCUT2D eigenvalue weighted by molar-refractivity contribution is 0.736. The zero-order chi connectivity index (χ0) is 18.3. The molecule has 0 fully saturated rings. The molecular weight excluding hydrogens is 330 g/mol. The molecule has 1 unspecified atom stereocenters. The molecule has 0 saturated carbocycles. The number of rotatable bonds is 6. The van der Waals surface area contributed by atoms with Crippen molar-refractivity contribution < 1.29 is 0 Å². The summed E-state index contributed by atoms with van der Waals surface area (Å²) in [7, 11) is 0. The number of hydrogen-bond acceptors (Lipinski definition) is 3. The van der Waals surface area contributed by atoms with Gasteiger partial charge in [-0.25, -0.2) is 0 Å². The molecule has 0 aromatic heterocycles. The molecule has 4 aromatic carbocycles. The molecule has 1 atom stereocenters. The number of anilines is 1. The Labute approximate surface area is 159 Å². The predicted octanol–water partition coefficient (Wildman–Crippen LogP) is 6.60. The van der Waals surface area contributed by atoms with E-state index in [0.29, 0.717) is 6.54 Å². The molecule has 3 heteroatoms. The van der Waals surface area contributed by atoms with Gasteiger partial charge in [-0.1, -0.05) is 97.1 Å². The Morgan fingerprint density at radius 3 is 2.15 bits per heavy atom. The molecule has 0 radical (unpaired) electrons. The van der Waals surface area contributed by atoms with Gasteiger partial charge < -0.3 is 5.32 Å². The molecule has 0 aliphatic heterocycles. The number of fused-ring (bicyclic) bond motifs is 1. The van der Waals surface area contributed by atoms with E-state index in [2.05, 4.69) is 82.3 Å². The van der Waals surface area contributed by atoms with Crippen LogP contribution in [0.3, 0.4) is 0 Å². The summed E-state index contributed by atoms with van der Waals surface area (Å²) in [6.45, 7) is 0.571. The van der Waals surface area contributed by atoms with E-state index in [1.54, 1.807) is 0 Å². The second-order valence-corrected chi connectivity index (χ2v) is 6.38. The summed E-state index contributed by atoms with van der Waals surface area (Å²) in [4.78, 5) is 0. The fourth-order valence-electron chi connectivity index (χ4n) is 3.10. The second-order valence-electron chi connectivity index (χ2n) is 6.38. The quantitative estimate of drug-likeness (QED) is 0.390. The molecule has 0 amide bonds. The number of azo groups is 1. The van der Waals surface area contributed by atoms with E-state index >= 15 is 0 Å². The fourth-order valence-corrected chi connectivity index (χ4v) is 3.10. The molecule has 0 saturated heterocycles. The zero-order valence-corrected chi connectivity index (χ0v) is 15.0. The maximum Gasteiger partial charge on any atom is 0.165 e. The lowest BCUT2D eigenvalue weighted by atomic mass is 10.1. The first kappa shape index (κ1) is 17.0. The average Bonchev–Trinajstić information content (AvgIpc) is 2.74. The minimum absolute atomic E-state index is 0.235. The number of hydrogen-bond donors (Lipinski definition) is 1. The van der Waals surface area contributed by atoms with Gasteiger partial charge in [0.1, 0.15) is 0 Å². The van der Waals surface area contributed by atoms with Crippen LogP contribution < -0.4 is 5.32 Å². The number of nitrogens with one attached hydrogen (secondary N) is 1. The van der Waals surface area contributed by atoms with Crippen molar-refractivity contribution in [1.82, 2.24) is 0 Å². The van der Waals surface area contributed by atoms with Gasteiger partial charge in [0.05, 0.1) is 6.54 Å². The maximum atomic E-state index is 4.61. The van der Waals surface area contributed by atoms with Crippen LogP contribution in [0.2, 0.25) is 0 Å². The maximum absolute atomic E-state index is 4.61. The van der Waals surface area contributed by atoms with Crippen molar-refractivity contribution >= 4 is 16.5 Å². The molecule has 0 spiro atoms. The summed E-state index contributed by atoms with van der Waals surface area (Å²) in [6.07, 6.45) is -0.235. The first-order valence-electron chi connectivity index (χ1n) is 9.10. The molecule has 27 heavy (non-hydrogen) atoms. The van der Waals surface area contributed by atoms with Crippen LogP contribution in [0.25, 0.3) is 10.8 Å². The smallest absolute Gasteiger partial charge is 0.165 e. The average molecular weight is 351 g/mol. The topological polar surface area (TPSA) is 36.8 Å². The van der Waals surface area contributed by atoms with Crippen molar-refractivity contribution in [2.45, 2.75) is 12.7 Å². The molecular formula is C24H21N3. The molecule has 132 valence electrons. The Kier molecular flexibility index (Phi) is 5.21. The molecule has 3 nitrogen and oxygen atoms in total. The van der Waals surface area contributed by atoms with Crippen LogP contribution in [-0.2, 0) is 6.54 Å². The fraction of sp³-hybridized carbons (Fsp3) is 0.0833. The lowest BCUT2D eigenvalue weighted by Gasteiger charge is -2.17. The monoisotopic (exact) mass is 351 g/mol. The Morgan fingerprint density at radius 1 is 0.667 bits per heavy atom. The van der Waals surface area contributed by atoms with Gasteiger partial charge in [-0.05, 0) is 22.6 Å². The van der Waals surface area contributed by atoms with Gasteiger partial charge in [0.2, 0.25) is 0 Å². The van der Waals surface area contributed by atoms with Gasteiger partial charge in [-0.15, -0.1) is 0 Å². The second kappa shape index (κ2) is 8.28. The van der Waals surface area contributed by atoms with Crippen molar-refractivity contribution in [3.63, 3.8) is 0 Å². The highest BCUT2D eigenvalue weighted by atomic mass is 15.2. The van der Waals surface area contributed by atoms with Crippen LogP contribution in [0, 0.1) is 0 Å². The number of benzene rings is 4. The summed E-state index contributed by atoms with van der Waals surface area (Å²) in [5.74, 6) is 0. The lowest BCUT2D eigenvalue weighted by Crippen LogP contribution is -2.08. The molecule has 0 bridgehead atoms. The third kappa shape index (κ3) is 4.21. The third-order valence-electron chi connectivity index (χ3n) is 4.49. The van der Waals surface area contributed by atoms with Crippen molar-refractivity contribution in [1.29, 1.82) is 0 Å². The summed E-state index contributed by atoms with van der Waals surface area (Å²) in [5.41, 5.74) is 3.29. The van der Waals surface area contributed by atoms with Crippen LogP contribution in [0.15, 0.2) is 113 Å². The van der Waals surface area contributed by atoms with Gasteiger partial charge in [0.25, 0.3) is 0 Å². The molecule has 4 rings (SSSR count). The highest BCUT2D eigenvalue weighted by molar-refractivity contribution is 5.93. The van der Waals surface area contributed by atoms with E-state index in [9.17, 15) is 0 Å². The third-order valence-corrected chi connectivity index (χ3v) is 4.49. The summed E-state index contributed by atoms with van der Waals surface area (Å²) >= 11 is 0. The van der Waals surface area contributed by atoms with E-state index in [0.717, 1.165) is 16.8 Å². The number of nitrogens with zero attached hydrogens (tertiary/aromatic N) is 2. The summed E-state index contributed by atoms with van der Waals surface area (Å²) < 4.78 is 0. The highest BCUT2D eigenvalue weighted by Crippen LogP contribution is 2.28. The van der Waals surface area contributed by atoms with Crippen LogP contribution in [0.5, 0.6) is 0 Å². The summed E-state index contributed by atoms with van der Waals surface area (Å²) in [6, 6.07) is 35.0. The van der Waals surface area contributed by atoms with Gasteiger partial charge in [0.15, 0.2) is 6.17 Å². The summed E-state index contributed by atoms with van der Waals surface area (Å²) in [5, 5.41) is 15.0. The minimum atomic E-state index is -0.235. The molecule has 4 aromatic rings. The van der Waals surface area contributed by atoms with Crippen LogP contribution in [0.1, 0.15) is 17.3 Å². The highest BCUT2D eigenvalue weighted by Gasteiger charge is 2.11. The van der Waals surface area contributed by atoms with E-state index in [1.807, 2.05) is 36.4 Å². The molecule has 0 aliphatic carbocycles. The van der Waals surface area contributed by atoms with Gasteiger partial charge in [0, 0.05) is 11.1 Å². The van der Waals surface area contributed by atoms with Gasteiger partial charge in [-0.2, -0.15) is 10.2 Å². The first-order valence-corrected chi connectivity index (χ1v) is 9.10. The van der Waals surface area contributed by atoms with Gasteiger partial charge >= 0.3 is 0 Å². The Hall–Kier alpha value is -3.46. The first-order chi connectivity index (χ1) is 13.4. The van der Waals surface area contributed by atoms with Crippen LogP contribution in [-0.4, -0.2) is 0 Å². The predicted molar refractivity (Wildman–Crippen MR) is 112 cm³/mol. The SMILES string of the molecule is c1ccc(CN=NC(Nc2cccc3ccccc23)c2ccccc2)cc1. The van der Waals surface area contributed by atoms with Crippen LogP contribution >= 0.6 is 0 Å². The van der Waals surface area contributed by atoms with E-state index < -0.39 is 0 Å². The van der Waals surface area contributed by atoms with E-state index in [4.69, 9.17) is 0 Å². The van der Waals surface area contributed by atoms with Crippen molar-refractivity contribution in [3.05, 3.63) is 114 Å². The standard InChI is InChI=1S/C24H21N3/c1-3-10-19(11-4-1)18-25-27-24(21-13-5-2-6-14-21)26-23-17-9-15-20-12-7-8-16-22(20)23/h1-17,24,26H,18H2. The molecule has 1 N–H and O–H groups in total. The van der Waals surface area contributed by atoms with E-state index in [-0.39, 0.29) is 6.17 Å². The van der Waals surface area contributed by atoms with E-state index in [1.165, 1.54) is 10.8 Å².